The van der Waals surface area contributed by atoms with E-state index in [0.29, 0.717) is 6.54 Å². The molecule has 0 saturated carbocycles. The van der Waals surface area contributed by atoms with E-state index in [1.807, 2.05) is 18.2 Å². The predicted molar refractivity (Wildman–Crippen MR) is 67.3 cm³/mol. The maximum atomic E-state index is 8.38. The van der Waals surface area contributed by atoms with Crippen molar-refractivity contribution in [2.75, 3.05) is 0 Å². The molecule has 0 aliphatic carbocycles. The normalized spacial score (nSPS) is 9.71. The average molecular weight is 224 g/mol. The molecule has 0 bridgehead atoms. The zero-order chi connectivity index (χ0) is 12.1. The first-order valence-corrected chi connectivity index (χ1v) is 5.32. The van der Waals surface area contributed by atoms with Crippen molar-refractivity contribution in [3.05, 3.63) is 64.3 Å². The molecule has 1 heterocycles. The summed E-state index contributed by atoms with van der Waals surface area (Å²) in [5, 5.41) is 3.60. The topological polar surface area (TPSA) is 61.7 Å². The van der Waals surface area contributed by atoms with Gasteiger partial charge in [0.05, 0.1) is 6.54 Å². The molecule has 0 aliphatic rings. The van der Waals surface area contributed by atoms with Crippen LogP contribution in [0.5, 0.6) is 0 Å². The highest BCUT2D eigenvalue weighted by Gasteiger charge is 2.06. The Kier molecular flexibility index (Phi) is 3.38. The lowest BCUT2D eigenvalue weighted by atomic mass is 9.98. The van der Waals surface area contributed by atoms with Gasteiger partial charge in [-0.2, -0.15) is 0 Å². The molecule has 0 unspecified atom stereocenters. The Hall–Kier alpha value is -2.32. The van der Waals surface area contributed by atoms with E-state index in [-0.39, 0.29) is 0 Å². The molecule has 4 heteroatoms. The quantitative estimate of drug-likeness (QED) is 0.443. The lowest BCUT2D eigenvalue weighted by Gasteiger charge is -2.09. The van der Waals surface area contributed by atoms with Crippen LogP contribution in [0.4, 0.5) is 0 Å². The van der Waals surface area contributed by atoms with Gasteiger partial charge in [0.2, 0.25) is 0 Å². The van der Waals surface area contributed by atoms with E-state index in [2.05, 4.69) is 34.1 Å². The van der Waals surface area contributed by atoms with Gasteiger partial charge in [-0.1, -0.05) is 29.4 Å². The molecule has 4 nitrogen and oxygen atoms in total. The molecule has 17 heavy (non-hydrogen) atoms. The van der Waals surface area contributed by atoms with Gasteiger partial charge in [0, 0.05) is 17.3 Å². The maximum absolute atomic E-state index is 8.38. The Morgan fingerprint density at radius 3 is 2.82 bits per heavy atom. The number of rotatable bonds is 3. The molecule has 0 N–H and O–H groups in total. The summed E-state index contributed by atoms with van der Waals surface area (Å²) in [5.41, 5.74) is 12.7. The van der Waals surface area contributed by atoms with Gasteiger partial charge >= 0.3 is 0 Å². The Morgan fingerprint density at radius 1 is 1.24 bits per heavy atom. The third kappa shape index (κ3) is 2.44. The molecule has 0 saturated heterocycles. The van der Waals surface area contributed by atoms with Crippen LogP contribution in [0.3, 0.4) is 0 Å². The van der Waals surface area contributed by atoms with Crippen molar-refractivity contribution in [1.29, 1.82) is 0 Å². The summed E-state index contributed by atoms with van der Waals surface area (Å²) >= 11 is 0. The van der Waals surface area contributed by atoms with Gasteiger partial charge < -0.3 is 0 Å². The van der Waals surface area contributed by atoms with Crippen molar-refractivity contribution >= 4 is 0 Å². The van der Waals surface area contributed by atoms with E-state index in [0.717, 1.165) is 16.7 Å². The SMILES string of the molecule is Cc1ccccc1-c1ccncc1CN=[N+]=[N-]. The Balaban J connectivity index is 2.51. The Bertz CT molecular complexity index is 571. The lowest BCUT2D eigenvalue weighted by Crippen LogP contribution is -1.91. The third-order valence-electron chi connectivity index (χ3n) is 2.64. The predicted octanol–water partition coefficient (Wildman–Crippen LogP) is 3.87. The molecule has 0 spiro atoms. The van der Waals surface area contributed by atoms with E-state index in [9.17, 15) is 0 Å². The minimum absolute atomic E-state index is 0.327. The molecule has 0 aliphatic heterocycles. The molecule has 2 rings (SSSR count). The van der Waals surface area contributed by atoms with E-state index in [1.54, 1.807) is 12.4 Å². The zero-order valence-corrected chi connectivity index (χ0v) is 9.54. The summed E-state index contributed by atoms with van der Waals surface area (Å²) in [6, 6.07) is 10.1. The Labute approximate surface area is 99.6 Å². The van der Waals surface area contributed by atoms with E-state index in [4.69, 9.17) is 5.53 Å². The zero-order valence-electron chi connectivity index (χ0n) is 9.54. The first-order chi connectivity index (χ1) is 8.33. The van der Waals surface area contributed by atoms with E-state index < -0.39 is 0 Å². The van der Waals surface area contributed by atoms with Crippen LogP contribution in [0.25, 0.3) is 21.6 Å². The van der Waals surface area contributed by atoms with Crippen LogP contribution >= 0.6 is 0 Å². The summed E-state index contributed by atoms with van der Waals surface area (Å²) in [6.07, 6.45) is 3.50. The first kappa shape index (κ1) is 11.2. The van der Waals surface area contributed by atoms with Gasteiger partial charge in [-0.15, -0.1) is 0 Å². The standard InChI is InChI=1S/C13H12N4/c1-10-4-2-3-5-12(10)13-6-7-15-8-11(13)9-16-17-14/h2-8H,9H2,1H3. The van der Waals surface area contributed by atoms with Crippen molar-refractivity contribution in [3.8, 4) is 11.1 Å². The molecule has 0 atom stereocenters. The first-order valence-electron chi connectivity index (χ1n) is 5.32. The molecule has 0 amide bonds. The smallest absolute Gasteiger partial charge is 0.0532 e. The highest BCUT2D eigenvalue weighted by Crippen LogP contribution is 2.26. The van der Waals surface area contributed by atoms with Crippen molar-refractivity contribution in [2.24, 2.45) is 5.11 Å². The van der Waals surface area contributed by atoms with Crippen LogP contribution in [0, 0.1) is 6.92 Å². The molecule has 0 fully saturated rings. The number of benzene rings is 1. The molecule has 1 aromatic heterocycles. The van der Waals surface area contributed by atoms with Gasteiger partial charge in [0.15, 0.2) is 0 Å². The molecular weight excluding hydrogens is 212 g/mol. The second-order valence-electron chi connectivity index (χ2n) is 3.74. The van der Waals surface area contributed by atoms with Gasteiger partial charge in [0.25, 0.3) is 0 Å². The fourth-order valence-corrected chi connectivity index (χ4v) is 1.80. The lowest BCUT2D eigenvalue weighted by molar-refractivity contribution is 1.03. The molecule has 84 valence electrons. The number of azide groups is 1. The molecule has 2 aromatic rings. The van der Waals surface area contributed by atoms with Crippen LogP contribution in [0.15, 0.2) is 47.8 Å². The fraction of sp³-hybridized carbons (Fsp3) is 0.154. The third-order valence-corrected chi connectivity index (χ3v) is 2.64. The summed E-state index contributed by atoms with van der Waals surface area (Å²) in [6.45, 7) is 2.39. The molecule has 1 aromatic carbocycles. The Morgan fingerprint density at radius 2 is 2.06 bits per heavy atom. The van der Waals surface area contributed by atoms with Crippen molar-refractivity contribution in [3.63, 3.8) is 0 Å². The second-order valence-corrected chi connectivity index (χ2v) is 3.74. The highest BCUT2D eigenvalue weighted by atomic mass is 15.1. The van der Waals surface area contributed by atoms with E-state index in [1.165, 1.54) is 5.56 Å². The minimum atomic E-state index is 0.327. The fourth-order valence-electron chi connectivity index (χ4n) is 1.80. The van der Waals surface area contributed by atoms with Gasteiger partial charge in [0.1, 0.15) is 0 Å². The highest BCUT2D eigenvalue weighted by molar-refractivity contribution is 5.69. The monoisotopic (exact) mass is 224 g/mol. The van der Waals surface area contributed by atoms with Gasteiger partial charge in [-0.05, 0) is 40.8 Å². The van der Waals surface area contributed by atoms with Crippen molar-refractivity contribution in [1.82, 2.24) is 4.98 Å². The largest absolute Gasteiger partial charge is 0.264 e. The number of aromatic nitrogens is 1. The number of aryl methyl sites for hydroxylation is 1. The number of nitrogens with zero attached hydrogens (tertiary/aromatic N) is 4. The van der Waals surface area contributed by atoms with Crippen LogP contribution in [0.1, 0.15) is 11.1 Å². The van der Waals surface area contributed by atoms with Crippen LogP contribution in [-0.2, 0) is 6.54 Å². The second kappa shape index (κ2) is 5.14. The van der Waals surface area contributed by atoms with Gasteiger partial charge in [-0.3, -0.25) is 4.98 Å². The van der Waals surface area contributed by atoms with Crippen molar-refractivity contribution < 1.29 is 0 Å². The number of hydrogen-bond donors (Lipinski definition) is 0. The summed E-state index contributed by atoms with van der Waals surface area (Å²) in [5.74, 6) is 0. The van der Waals surface area contributed by atoms with E-state index >= 15 is 0 Å². The summed E-state index contributed by atoms with van der Waals surface area (Å²) in [4.78, 5) is 6.86. The minimum Gasteiger partial charge on any atom is -0.264 e. The van der Waals surface area contributed by atoms with Crippen LogP contribution in [-0.4, -0.2) is 4.98 Å². The summed E-state index contributed by atoms with van der Waals surface area (Å²) < 4.78 is 0. The van der Waals surface area contributed by atoms with Crippen LogP contribution < -0.4 is 0 Å². The average Bonchev–Trinajstić information content (AvgIpc) is 2.37. The molecular formula is C13H12N4. The number of pyridine rings is 1. The molecule has 0 radical (unpaired) electrons. The van der Waals surface area contributed by atoms with Crippen LogP contribution in [0.2, 0.25) is 0 Å². The van der Waals surface area contributed by atoms with Gasteiger partial charge in [-0.25, -0.2) is 0 Å². The summed E-state index contributed by atoms with van der Waals surface area (Å²) in [7, 11) is 0. The van der Waals surface area contributed by atoms with Crippen molar-refractivity contribution in [2.45, 2.75) is 13.5 Å². The number of hydrogen-bond acceptors (Lipinski definition) is 2. The maximum Gasteiger partial charge on any atom is 0.0532 e.